The molecule has 1 aliphatic rings. The lowest BCUT2D eigenvalue weighted by Gasteiger charge is -2.31. The molecular weight excluding hydrogens is 361 g/mol. The van der Waals surface area contributed by atoms with Crippen LogP contribution in [-0.4, -0.2) is 51.6 Å². The maximum absolute atomic E-state index is 13.4. The van der Waals surface area contributed by atoms with Crippen LogP contribution in [-0.2, 0) is 11.2 Å². The van der Waals surface area contributed by atoms with Crippen molar-refractivity contribution in [1.29, 1.82) is 0 Å². The molecule has 1 aliphatic carbocycles. The number of oxime groups is 1. The summed E-state index contributed by atoms with van der Waals surface area (Å²) in [7, 11) is 0. The number of amidine groups is 1. The normalized spacial score (nSPS) is 16.9. The molecule has 1 heterocycles. The van der Waals surface area contributed by atoms with Crippen molar-refractivity contribution >= 4 is 11.7 Å². The topological polar surface area (TPSA) is 142 Å². The van der Waals surface area contributed by atoms with E-state index in [1.165, 1.54) is 19.1 Å². The van der Waals surface area contributed by atoms with Gasteiger partial charge in [-0.15, -0.1) is 0 Å². The highest BCUT2D eigenvalue weighted by Gasteiger charge is 2.30. The number of hydrogen-bond donors (Lipinski definition) is 4. The van der Waals surface area contributed by atoms with E-state index in [1.54, 1.807) is 6.07 Å². The molecule has 0 saturated heterocycles. The standard InChI is InChI=1S/C16H18FN5O5/c1-8(23)6-18-13(24)7-26-16-14(21-27-22-16)15(20-25)19-12-4-9-2-3-10(17)5-11(9)12/h2-3,5,8,12,23,25H,4,6-7H2,1H3,(H,18,24)(H,19,20)/t8-,12+/m1/s1. The number of hydrogen-bond acceptors (Lipinski definition) is 8. The smallest absolute Gasteiger partial charge is 0.287 e. The Kier molecular flexibility index (Phi) is 5.50. The Bertz CT molecular complexity index is 853. The zero-order valence-corrected chi connectivity index (χ0v) is 14.3. The Hall–Kier alpha value is -3.21. The first-order chi connectivity index (χ1) is 13.0. The predicted octanol–water partition coefficient (Wildman–Crippen LogP) is 0.107. The van der Waals surface area contributed by atoms with Crippen LogP contribution in [0.2, 0.25) is 0 Å². The zero-order valence-electron chi connectivity index (χ0n) is 14.3. The van der Waals surface area contributed by atoms with Crippen LogP contribution in [0, 0.1) is 5.82 Å². The van der Waals surface area contributed by atoms with Gasteiger partial charge in [0, 0.05) is 6.54 Å². The third kappa shape index (κ3) is 4.31. The lowest BCUT2D eigenvalue weighted by atomic mass is 9.83. The van der Waals surface area contributed by atoms with Crippen LogP contribution in [0.15, 0.2) is 28.0 Å². The van der Waals surface area contributed by atoms with Crippen LogP contribution >= 0.6 is 0 Å². The van der Waals surface area contributed by atoms with Gasteiger partial charge in [-0.2, -0.15) is 0 Å². The SMILES string of the molecule is C[C@@H](O)CNC(=O)COc1nonc1/C(=N\O)N[C@H]1Cc2ccc(F)cc21. The second-order valence-electron chi connectivity index (χ2n) is 6.05. The number of ether oxygens (including phenoxy) is 1. The number of nitrogens with one attached hydrogen (secondary N) is 2. The maximum Gasteiger partial charge on any atom is 0.287 e. The quantitative estimate of drug-likeness (QED) is 0.230. The van der Waals surface area contributed by atoms with Gasteiger partial charge in [0.1, 0.15) is 5.82 Å². The van der Waals surface area contributed by atoms with E-state index < -0.39 is 18.6 Å². The van der Waals surface area contributed by atoms with Crippen molar-refractivity contribution in [1.82, 2.24) is 20.9 Å². The number of aliphatic hydroxyl groups excluding tert-OH is 1. The molecule has 27 heavy (non-hydrogen) atoms. The van der Waals surface area contributed by atoms with Crippen molar-refractivity contribution in [3.05, 3.63) is 40.8 Å². The van der Waals surface area contributed by atoms with Gasteiger partial charge in [-0.25, -0.2) is 9.02 Å². The Labute approximate surface area is 153 Å². The predicted molar refractivity (Wildman–Crippen MR) is 88.8 cm³/mol. The third-order valence-corrected chi connectivity index (χ3v) is 3.94. The van der Waals surface area contributed by atoms with E-state index in [-0.39, 0.29) is 35.8 Å². The van der Waals surface area contributed by atoms with Gasteiger partial charge in [0.25, 0.3) is 11.8 Å². The minimum absolute atomic E-state index is 0.0364. The minimum Gasteiger partial charge on any atom is -0.464 e. The molecule has 1 amide bonds. The average molecular weight is 379 g/mol. The highest BCUT2D eigenvalue weighted by Crippen LogP contribution is 2.33. The van der Waals surface area contributed by atoms with Crippen molar-refractivity contribution in [2.45, 2.75) is 25.5 Å². The third-order valence-electron chi connectivity index (χ3n) is 3.94. The lowest BCUT2D eigenvalue weighted by molar-refractivity contribution is -0.123. The number of nitrogens with zero attached hydrogens (tertiary/aromatic N) is 3. The molecule has 1 aromatic heterocycles. The summed E-state index contributed by atoms with van der Waals surface area (Å²) in [5.74, 6) is -1.08. The van der Waals surface area contributed by atoms with Crippen LogP contribution in [0.3, 0.4) is 0 Å². The van der Waals surface area contributed by atoms with E-state index in [0.717, 1.165) is 11.1 Å². The van der Waals surface area contributed by atoms with Crippen LogP contribution in [0.25, 0.3) is 0 Å². The van der Waals surface area contributed by atoms with E-state index in [4.69, 9.17) is 9.84 Å². The number of amides is 1. The summed E-state index contributed by atoms with van der Waals surface area (Å²) in [6.45, 7) is 1.21. The Morgan fingerprint density at radius 1 is 1.52 bits per heavy atom. The van der Waals surface area contributed by atoms with E-state index in [9.17, 15) is 14.4 Å². The number of benzene rings is 1. The summed E-state index contributed by atoms with van der Waals surface area (Å²) < 4.78 is 23.2. The molecule has 2 aromatic rings. The van der Waals surface area contributed by atoms with E-state index in [1.807, 2.05) is 0 Å². The molecule has 0 fully saturated rings. The number of aliphatic hydroxyl groups is 1. The molecular formula is C16H18FN5O5. The number of fused-ring (bicyclic) bond motifs is 1. The Morgan fingerprint density at radius 3 is 3.07 bits per heavy atom. The fraction of sp³-hybridized carbons (Fsp3) is 0.375. The summed E-state index contributed by atoms with van der Waals surface area (Å²) >= 11 is 0. The van der Waals surface area contributed by atoms with E-state index in [0.29, 0.717) is 6.42 Å². The fourth-order valence-electron chi connectivity index (χ4n) is 2.58. The van der Waals surface area contributed by atoms with Gasteiger partial charge in [-0.3, -0.25) is 4.79 Å². The second kappa shape index (κ2) is 7.99. The van der Waals surface area contributed by atoms with Gasteiger partial charge in [0.2, 0.25) is 11.5 Å². The molecule has 4 N–H and O–H groups in total. The van der Waals surface area contributed by atoms with Gasteiger partial charge in [0.05, 0.1) is 12.1 Å². The molecule has 2 atom stereocenters. The molecule has 0 unspecified atom stereocenters. The van der Waals surface area contributed by atoms with Crippen molar-refractivity contribution < 1.29 is 28.9 Å². The molecule has 10 nitrogen and oxygen atoms in total. The number of aromatic nitrogens is 2. The lowest BCUT2D eigenvalue weighted by Crippen LogP contribution is -2.37. The van der Waals surface area contributed by atoms with E-state index >= 15 is 0 Å². The maximum atomic E-state index is 13.4. The highest BCUT2D eigenvalue weighted by molar-refractivity contribution is 5.98. The first kappa shape index (κ1) is 18.6. The van der Waals surface area contributed by atoms with Crippen LogP contribution < -0.4 is 15.4 Å². The van der Waals surface area contributed by atoms with Gasteiger partial charge < -0.3 is 25.7 Å². The van der Waals surface area contributed by atoms with Crippen LogP contribution in [0.5, 0.6) is 5.88 Å². The van der Waals surface area contributed by atoms with Crippen molar-refractivity contribution in [2.75, 3.05) is 13.2 Å². The molecule has 0 aliphatic heterocycles. The number of carbonyl (C=O) groups is 1. The number of carbonyl (C=O) groups excluding carboxylic acids is 1. The highest BCUT2D eigenvalue weighted by atomic mass is 19.1. The van der Waals surface area contributed by atoms with Crippen molar-refractivity contribution in [3.63, 3.8) is 0 Å². The second-order valence-corrected chi connectivity index (χ2v) is 6.05. The van der Waals surface area contributed by atoms with Crippen molar-refractivity contribution in [3.8, 4) is 5.88 Å². The zero-order chi connectivity index (χ0) is 19.4. The van der Waals surface area contributed by atoms with Gasteiger partial charge in [-0.1, -0.05) is 11.2 Å². The molecule has 0 saturated carbocycles. The largest absolute Gasteiger partial charge is 0.464 e. The first-order valence-electron chi connectivity index (χ1n) is 8.15. The molecule has 1 aromatic carbocycles. The Morgan fingerprint density at radius 2 is 2.33 bits per heavy atom. The van der Waals surface area contributed by atoms with Crippen LogP contribution in [0.1, 0.15) is 29.8 Å². The molecule has 0 spiro atoms. The van der Waals surface area contributed by atoms with E-state index in [2.05, 4.69) is 30.7 Å². The van der Waals surface area contributed by atoms with Crippen LogP contribution in [0.4, 0.5) is 4.39 Å². The monoisotopic (exact) mass is 379 g/mol. The molecule has 11 heteroatoms. The molecule has 0 bridgehead atoms. The van der Waals surface area contributed by atoms with Crippen molar-refractivity contribution in [2.24, 2.45) is 5.16 Å². The van der Waals surface area contributed by atoms with Gasteiger partial charge in [0.15, 0.2) is 6.61 Å². The summed E-state index contributed by atoms with van der Waals surface area (Å²) in [6.07, 6.45) is -0.0801. The van der Waals surface area contributed by atoms with Gasteiger partial charge in [-0.05, 0) is 46.9 Å². The Balaban J connectivity index is 1.62. The summed E-state index contributed by atoms with van der Waals surface area (Å²) in [5.41, 5.74) is 1.69. The molecule has 144 valence electrons. The molecule has 3 rings (SSSR count). The minimum atomic E-state index is -0.689. The van der Waals surface area contributed by atoms with Gasteiger partial charge >= 0.3 is 0 Å². The average Bonchev–Trinajstić information content (AvgIpc) is 3.09. The summed E-state index contributed by atoms with van der Waals surface area (Å²) in [6, 6.07) is 4.19. The summed E-state index contributed by atoms with van der Waals surface area (Å²) in [4.78, 5) is 11.6. The molecule has 0 radical (unpaired) electrons. The first-order valence-corrected chi connectivity index (χ1v) is 8.15. The number of rotatable bonds is 7. The fourth-order valence-corrected chi connectivity index (χ4v) is 2.58. The number of halogens is 1. The summed E-state index contributed by atoms with van der Waals surface area (Å²) in [5, 5.41) is 34.1.